The van der Waals surface area contributed by atoms with Crippen molar-refractivity contribution in [2.75, 3.05) is 5.75 Å². The Morgan fingerprint density at radius 3 is 2.39 bits per heavy atom. The van der Waals surface area contributed by atoms with Gasteiger partial charge >= 0.3 is 0 Å². The number of nitrogens with one attached hydrogen (secondary N) is 1. The summed E-state index contributed by atoms with van der Waals surface area (Å²) in [5.41, 5.74) is 0.321. The van der Waals surface area contributed by atoms with Crippen molar-refractivity contribution < 1.29 is 18.6 Å². The predicted molar refractivity (Wildman–Crippen MR) is 92.3 cm³/mol. The van der Waals surface area contributed by atoms with Crippen LogP contribution < -0.4 is 4.83 Å². The fraction of sp³-hybridized carbons (Fsp3) is 0.562. The Balaban J connectivity index is 2.30. The van der Waals surface area contributed by atoms with Gasteiger partial charge in [-0.15, -0.1) is 0 Å². The first kappa shape index (κ1) is 19.3. The summed E-state index contributed by atoms with van der Waals surface area (Å²) in [6, 6.07) is 3.99. The van der Waals surface area contributed by atoms with Gasteiger partial charge in [0.2, 0.25) is 10.0 Å². The molecule has 0 radical (unpaired) electrons. The Hall–Kier alpha value is -1.76. The monoisotopic (exact) mass is 342 g/mol. The summed E-state index contributed by atoms with van der Waals surface area (Å²) in [6.07, 6.45) is 8.57. The first-order valence-corrected chi connectivity index (χ1v) is 9.64. The molecule has 1 rings (SSSR count). The standard InChI is InChI=1S/C16H26N2O4S/c1-2-3-4-5-6-7-8-11-23(21,22)18-17-13-14-9-10-15(19)12-16(14)20/h9-10,12-13,18-20H,2-8,11H2,1H3/b17-13-. The topological polar surface area (TPSA) is 99.0 Å². The van der Waals surface area contributed by atoms with Gasteiger partial charge in [0.05, 0.1) is 12.0 Å². The highest BCUT2D eigenvalue weighted by Gasteiger charge is 2.08. The number of unbranched alkanes of at least 4 members (excludes halogenated alkanes) is 6. The van der Waals surface area contributed by atoms with E-state index in [2.05, 4.69) is 16.9 Å². The number of nitrogens with zero attached hydrogens (tertiary/aromatic N) is 1. The van der Waals surface area contributed by atoms with E-state index in [0.717, 1.165) is 25.3 Å². The van der Waals surface area contributed by atoms with Crippen molar-refractivity contribution in [2.45, 2.75) is 51.9 Å². The largest absolute Gasteiger partial charge is 0.508 e. The van der Waals surface area contributed by atoms with Crippen LogP contribution in [0.25, 0.3) is 0 Å². The molecule has 0 aliphatic rings. The van der Waals surface area contributed by atoms with Crippen molar-refractivity contribution >= 4 is 16.2 Å². The zero-order valence-corrected chi connectivity index (χ0v) is 14.3. The predicted octanol–water partition coefficient (Wildman–Crippen LogP) is 3.10. The molecule has 0 amide bonds. The van der Waals surface area contributed by atoms with Crippen LogP contribution in [-0.2, 0) is 10.0 Å². The van der Waals surface area contributed by atoms with E-state index in [9.17, 15) is 13.5 Å². The Morgan fingerprint density at radius 2 is 1.74 bits per heavy atom. The number of hydrogen-bond donors (Lipinski definition) is 3. The second-order valence-corrected chi connectivity index (χ2v) is 7.35. The van der Waals surface area contributed by atoms with Crippen molar-refractivity contribution in [3.05, 3.63) is 23.8 Å². The molecular weight excluding hydrogens is 316 g/mol. The number of rotatable bonds is 11. The molecule has 1 aromatic carbocycles. The number of benzene rings is 1. The minimum Gasteiger partial charge on any atom is -0.508 e. The molecule has 0 atom stereocenters. The van der Waals surface area contributed by atoms with Gasteiger partial charge in [-0.1, -0.05) is 45.4 Å². The number of hydrogen-bond acceptors (Lipinski definition) is 5. The van der Waals surface area contributed by atoms with E-state index < -0.39 is 10.0 Å². The maximum atomic E-state index is 11.8. The van der Waals surface area contributed by atoms with Gasteiger partial charge in [-0.05, 0) is 18.6 Å². The van der Waals surface area contributed by atoms with Gasteiger partial charge in [0.15, 0.2) is 0 Å². The van der Waals surface area contributed by atoms with E-state index >= 15 is 0 Å². The van der Waals surface area contributed by atoms with Crippen LogP contribution in [0.2, 0.25) is 0 Å². The average Bonchev–Trinajstić information content (AvgIpc) is 2.48. The molecule has 0 aliphatic carbocycles. The molecule has 0 bridgehead atoms. The molecule has 0 saturated heterocycles. The van der Waals surface area contributed by atoms with Gasteiger partial charge in [0, 0.05) is 11.6 Å². The lowest BCUT2D eigenvalue weighted by atomic mass is 10.1. The quantitative estimate of drug-likeness (QED) is 0.327. The first-order chi connectivity index (χ1) is 10.9. The van der Waals surface area contributed by atoms with E-state index in [1.807, 2.05) is 0 Å². The van der Waals surface area contributed by atoms with E-state index in [1.54, 1.807) is 0 Å². The molecule has 0 saturated carbocycles. The molecule has 130 valence electrons. The highest BCUT2D eigenvalue weighted by atomic mass is 32.2. The Labute approximate surface area is 138 Å². The lowest BCUT2D eigenvalue weighted by Gasteiger charge is -2.04. The Bertz CT molecular complexity index is 600. The molecule has 6 nitrogen and oxygen atoms in total. The molecule has 3 N–H and O–H groups in total. The van der Waals surface area contributed by atoms with Crippen LogP contribution in [0.1, 0.15) is 57.4 Å². The SMILES string of the molecule is CCCCCCCCCS(=O)(=O)N/N=C\c1ccc(O)cc1O. The van der Waals surface area contributed by atoms with E-state index in [4.69, 9.17) is 5.11 Å². The zero-order chi connectivity index (χ0) is 17.1. The number of hydrazone groups is 1. The second-order valence-electron chi connectivity index (χ2n) is 5.53. The van der Waals surface area contributed by atoms with Crippen molar-refractivity contribution in [2.24, 2.45) is 5.10 Å². The third-order valence-electron chi connectivity index (χ3n) is 3.43. The third kappa shape index (κ3) is 8.44. The summed E-state index contributed by atoms with van der Waals surface area (Å²) in [4.78, 5) is 2.13. The summed E-state index contributed by atoms with van der Waals surface area (Å²) in [5, 5.41) is 22.4. The maximum Gasteiger partial charge on any atom is 0.247 e. The molecule has 7 heteroatoms. The molecule has 0 aromatic heterocycles. The summed E-state index contributed by atoms with van der Waals surface area (Å²) >= 11 is 0. The molecule has 0 heterocycles. The molecule has 0 fully saturated rings. The Kier molecular flexibility index (Phi) is 8.47. The summed E-state index contributed by atoms with van der Waals surface area (Å²) in [6.45, 7) is 2.16. The van der Waals surface area contributed by atoms with Gasteiger partial charge in [0.1, 0.15) is 11.5 Å². The van der Waals surface area contributed by atoms with Crippen molar-refractivity contribution in [1.29, 1.82) is 0 Å². The van der Waals surface area contributed by atoms with Gasteiger partial charge in [-0.25, -0.2) is 13.2 Å². The minimum absolute atomic E-state index is 0.0413. The summed E-state index contributed by atoms with van der Waals surface area (Å²) in [5.74, 6) is -0.196. The maximum absolute atomic E-state index is 11.8. The number of sulfonamides is 1. The van der Waals surface area contributed by atoms with Crippen LogP contribution in [0.4, 0.5) is 0 Å². The normalized spacial score (nSPS) is 11.9. The van der Waals surface area contributed by atoms with Gasteiger partial charge in [-0.2, -0.15) is 5.10 Å². The van der Waals surface area contributed by atoms with Crippen molar-refractivity contribution in [3.8, 4) is 11.5 Å². The molecule has 23 heavy (non-hydrogen) atoms. The molecule has 0 spiro atoms. The van der Waals surface area contributed by atoms with Crippen LogP contribution >= 0.6 is 0 Å². The van der Waals surface area contributed by atoms with Gasteiger partial charge in [0.25, 0.3) is 0 Å². The lowest BCUT2D eigenvalue weighted by Crippen LogP contribution is -2.21. The van der Waals surface area contributed by atoms with Crippen LogP contribution in [0.5, 0.6) is 11.5 Å². The Morgan fingerprint density at radius 1 is 1.09 bits per heavy atom. The lowest BCUT2D eigenvalue weighted by molar-refractivity contribution is 0.450. The third-order valence-corrected chi connectivity index (χ3v) is 4.64. The highest BCUT2D eigenvalue weighted by Crippen LogP contribution is 2.20. The first-order valence-electron chi connectivity index (χ1n) is 7.99. The van der Waals surface area contributed by atoms with Crippen LogP contribution in [0.3, 0.4) is 0 Å². The minimum atomic E-state index is -3.45. The van der Waals surface area contributed by atoms with Crippen molar-refractivity contribution in [1.82, 2.24) is 4.83 Å². The van der Waals surface area contributed by atoms with E-state index in [1.165, 1.54) is 37.6 Å². The van der Waals surface area contributed by atoms with Gasteiger partial charge < -0.3 is 10.2 Å². The summed E-state index contributed by atoms with van der Waals surface area (Å²) < 4.78 is 23.5. The molecular formula is C16H26N2O4S. The fourth-order valence-corrected chi connectivity index (χ4v) is 3.00. The average molecular weight is 342 g/mol. The molecule has 0 aliphatic heterocycles. The van der Waals surface area contributed by atoms with E-state index in [0.29, 0.717) is 12.0 Å². The van der Waals surface area contributed by atoms with E-state index in [-0.39, 0.29) is 17.3 Å². The number of phenols is 2. The molecule has 1 aromatic rings. The molecule has 0 unspecified atom stereocenters. The van der Waals surface area contributed by atoms with Crippen LogP contribution in [0.15, 0.2) is 23.3 Å². The van der Waals surface area contributed by atoms with Crippen LogP contribution in [-0.4, -0.2) is 30.6 Å². The smallest absolute Gasteiger partial charge is 0.247 e. The highest BCUT2D eigenvalue weighted by molar-refractivity contribution is 7.89. The second kappa shape index (κ2) is 10.1. The summed E-state index contributed by atoms with van der Waals surface area (Å²) in [7, 11) is -3.45. The zero-order valence-electron chi connectivity index (χ0n) is 13.5. The van der Waals surface area contributed by atoms with Crippen LogP contribution in [0, 0.1) is 0 Å². The number of phenolic OH excluding ortho intramolecular Hbond substituents is 2. The van der Waals surface area contributed by atoms with Crippen molar-refractivity contribution in [3.63, 3.8) is 0 Å². The number of aromatic hydroxyl groups is 2. The fourth-order valence-electron chi connectivity index (χ4n) is 2.11. The van der Waals surface area contributed by atoms with Gasteiger partial charge in [-0.3, -0.25) is 0 Å².